The van der Waals surface area contributed by atoms with E-state index in [-0.39, 0.29) is 12.6 Å². The van der Waals surface area contributed by atoms with Crippen LogP contribution in [0.15, 0.2) is 65.3 Å². The van der Waals surface area contributed by atoms with Crippen LogP contribution >= 0.6 is 15.9 Å². The van der Waals surface area contributed by atoms with E-state index >= 15 is 0 Å². The monoisotopic (exact) mass is 342 g/mol. The number of benzene rings is 2. The molecule has 0 amide bonds. The smallest absolute Gasteiger partial charge is 0.0745 e. The van der Waals surface area contributed by atoms with E-state index in [1.54, 1.807) is 6.20 Å². The molecule has 0 aliphatic heterocycles. The Labute approximate surface area is 131 Å². The molecular weight excluding hydrogens is 328 g/mol. The predicted octanol–water partition coefficient (Wildman–Crippen LogP) is 4.14. The SMILES string of the molecule is OCC(Nc1ccnc2cc(Br)ccc12)c1ccccc1. The lowest BCUT2D eigenvalue weighted by Gasteiger charge is -2.19. The second kappa shape index (κ2) is 6.24. The van der Waals surface area contributed by atoms with E-state index in [1.807, 2.05) is 54.6 Å². The Bertz CT molecular complexity index is 746. The summed E-state index contributed by atoms with van der Waals surface area (Å²) in [6.45, 7) is 0.0321. The Morgan fingerprint density at radius 2 is 1.90 bits per heavy atom. The first-order chi connectivity index (χ1) is 10.3. The highest BCUT2D eigenvalue weighted by atomic mass is 79.9. The van der Waals surface area contributed by atoms with Crippen LogP contribution in [0.3, 0.4) is 0 Å². The second-order valence-corrected chi connectivity index (χ2v) is 5.73. The minimum absolute atomic E-state index is 0.0321. The molecule has 2 aromatic carbocycles. The van der Waals surface area contributed by atoms with Gasteiger partial charge in [-0.2, -0.15) is 0 Å². The molecule has 4 heteroatoms. The van der Waals surface area contributed by atoms with Gasteiger partial charge in [-0.3, -0.25) is 4.98 Å². The van der Waals surface area contributed by atoms with E-state index in [1.165, 1.54) is 0 Å². The molecule has 0 saturated heterocycles. The summed E-state index contributed by atoms with van der Waals surface area (Å²) >= 11 is 3.46. The lowest BCUT2D eigenvalue weighted by Crippen LogP contribution is -2.15. The fourth-order valence-electron chi connectivity index (χ4n) is 2.35. The minimum Gasteiger partial charge on any atom is -0.394 e. The van der Waals surface area contributed by atoms with Crippen molar-refractivity contribution >= 4 is 32.5 Å². The summed E-state index contributed by atoms with van der Waals surface area (Å²) in [4.78, 5) is 4.38. The highest BCUT2D eigenvalue weighted by Gasteiger charge is 2.11. The zero-order valence-corrected chi connectivity index (χ0v) is 12.9. The maximum atomic E-state index is 9.67. The summed E-state index contributed by atoms with van der Waals surface area (Å²) in [7, 11) is 0. The molecule has 3 nitrogen and oxygen atoms in total. The molecule has 0 saturated carbocycles. The number of anilines is 1. The van der Waals surface area contributed by atoms with Crippen molar-refractivity contribution in [1.29, 1.82) is 0 Å². The number of aliphatic hydroxyl groups is 1. The molecule has 0 fully saturated rings. The van der Waals surface area contributed by atoms with Gasteiger partial charge in [0, 0.05) is 21.7 Å². The third-order valence-electron chi connectivity index (χ3n) is 3.42. The van der Waals surface area contributed by atoms with E-state index in [0.29, 0.717) is 0 Å². The van der Waals surface area contributed by atoms with Gasteiger partial charge in [0.2, 0.25) is 0 Å². The molecule has 0 bridgehead atoms. The average molecular weight is 343 g/mol. The van der Waals surface area contributed by atoms with Crippen molar-refractivity contribution in [2.45, 2.75) is 6.04 Å². The Kier molecular flexibility index (Phi) is 4.18. The lowest BCUT2D eigenvalue weighted by atomic mass is 10.1. The number of fused-ring (bicyclic) bond motifs is 1. The van der Waals surface area contributed by atoms with Crippen LogP contribution in [0, 0.1) is 0 Å². The minimum atomic E-state index is -0.138. The summed E-state index contributed by atoms with van der Waals surface area (Å²) in [5, 5.41) is 14.1. The van der Waals surface area contributed by atoms with E-state index in [9.17, 15) is 5.11 Å². The van der Waals surface area contributed by atoms with Crippen LogP contribution in [-0.2, 0) is 0 Å². The van der Waals surface area contributed by atoms with Crippen molar-refractivity contribution in [3.8, 4) is 0 Å². The first kappa shape index (κ1) is 14.0. The number of pyridine rings is 1. The molecule has 106 valence electrons. The Balaban J connectivity index is 1.97. The predicted molar refractivity (Wildman–Crippen MR) is 89.3 cm³/mol. The Hall–Kier alpha value is -1.91. The van der Waals surface area contributed by atoms with Crippen LogP contribution in [0.4, 0.5) is 5.69 Å². The largest absolute Gasteiger partial charge is 0.394 e. The van der Waals surface area contributed by atoms with Gasteiger partial charge in [-0.25, -0.2) is 0 Å². The van der Waals surface area contributed by atoms with E-state index in [2.05, 4.69) is 26.2 Å². The first-order valence-electron chi connectivity index (χ1n) is 6.74. The van der Waals surface area contributed by atoms with Gasteiger partial charge < -0.3 is 10.4 Å². The van der Waals surface area contributed by atoms with Crippen LogP contribution < -0.4 is 5.32 Å². The number of nitrogens with one attached hydrogen (secondary N) is 1. The van der Waals surface area contributed by atoms with Gasteiger partial charge >= 0.3 is 0 Å². The molecule has 2 N–H and O–H groups in total. The van der Waals surface area contributed by atoms with Crippen molar-refractivity contribution in [1.82, 2.24) is 4.98 Å². The van der Waals surface area contributed by atoms with E-state index < -0.39 is 0 Å². The van der Waals surface area contributed by atoms with Crippen LogP contribution in [0.2, 0.25) is 0 Å². The Morgan fingerprint density at radius 1 is 1.10 bits per heavy atom. The topological polar surface area (TPSA) is 45.1 Å². The standard InChI is InChI=1S/C17H15BrN2O/c18-13-6-7-14-15(8-9-19-16(14)10-13)20-17(11-21)12-4-2-1-3-5-12/h1-10,17,21H,11H2,(H,19,20). The summed E-state index contributed by atoms with van der Waals surface area (Å²) in [6, 6.07) is 17.7. The van der Waals surface area contributed by atoms with Crippen molar-refractivity contribution < 1.29 is 5.11 Å². The van der Waals surface area contributed by atoms with Crippen LogP contribution in [-0.4, -0.2) is 16.7 Å². The zero-order chi connectivity index (χ0) is 14.7. The average Bonchev–Trinajstić information content (AvgIpc) is 2.53. The maximum absolute atomic E-state index is 9.67. The van der Waals surface area contributed by atoms with Gasteiger partial charge in [-0.1, -0.05) is 46.3 Å². The van der Waals surface area contributed by atoms with Crippen LogP contribution in [0.25, 0.3) is 10.9 Å². The molecule has 1 atom stereocenters. The molecule has 3 rings (SSSR count). The third-order valence-corrected chi connectivity index (χ3v) is 3.91. The van der Waals surface area contributed by atoms with Crippen molar-refractivity contribution in [3.63, 3.8) is 0 Å². The summed E-state index contributed by atoms with van der Waals surface area (Å²) < 4.78 is 1.00. The molecule has 1 unspecified atom stereocenters. The zero-order valence-electron chi connectivity index (χ0n) is 11.3. The third kappa shape index (κ3) is 3.06. The molecule has 0 radical (unpaired) electrons. The number of nitrogens with zero attached hydrogens (tertiary/aromatic N) is 1. The highest BCUT2D eigenvalue weighted by molar-refractivity contribution is 9.10. The van der Waals surface area contributed by atoms with Crippen LogP contribution in [0.5, 0.6) is 0 Å². The number of halogens is 1. The van der Waals surface area contributed by atoms with E-state index in [4.69, 9.17) is 0 Å². The highest BCUT2D eigenvalue weighted by Crippen LogP contribution is 2.27. The Morgan fingerprint density at radius 3 is 2.67 bits per heavy atom. The molecular formula is C17H15BrN2O. The van der Waals surface area contributed by atoms with Crippen molar-refractivity contribution in [2.75, 3.05) is 11.9 Å². The summed E-state index contributed by atoms with van der Waals surface area (Å²) in [5.41, 5.74) is 2.94. The van der Waals surface area contributed by atoms with Crippen molar-refractivity contribution in [3.05, 3.63) is 70.8 Å². The first-order valence-corrected chi connectivity index (χ1v) is 7.54. The van der Waals surface area contributed by atoms with Gasteiger partial charge in [0.15, 0.2) is 0 Å². The number of aromatic nitrogens is 1. The summed E-state index contributed by atoms with van der Waals surface area (Å²) in [5.74, 6) is 0. The molecule has 1 aromatic heterocycles. The molecule has 0 spiro atoms. The lowest BCUT2D eigenvalue weighted by molar-refractivity contribution is 0.276. The molecule has 3 aromatic rings. The molecule has 21 heavy (non-hydrogen) atoms. The quantitative estimate of drug-likeness (QED) is 0.748. The number of hydrogen-bond donors (Lipinski definition) is 2. The second-order valence-electron chi connectivity index (χ2n) is 4.81. The normalized spacial score (nSPS) is 12.3. The molecule has 1 heterocycles. The van der Waals surface area contributed by atoms with Gasteiger partial charge in [-0.15, -0.1) is 0 Å². The fourth-order valence-corrected chi connectivity index (χ4v) is 2.70. The van der Waals surface area contributed by atoms with Crippen molar-refractivity contribution in [2.24, 2.45) is 0 Å². The molecule has 0 aliphatic rings. The summed E-state index contributed by atoms with van der Waals surface area (Å²) in [6.07, 6.45) is 1.77. The number of rotatable bonds is 4. The van der Waals surface area contributed by atoms with Gasteiger partial charge in [0.1, 0.15) is 0 Å². The molecule has 0 aliphatic carbocycles. The van der Waals surface area contributed by atoms with E-state index in [0.717, 1.165) is 26.6 Å². The van der Waals surface area contributed by atoms with Gasteiger partial charge in [-0.05, 0) is 29.8 Å². The van der Waals surface area contributed by atoms with Gasteiger partial charge in [0.05, 0.1) is 18.2 Å². The maximum Gasteiger partial charge on any atom is 0.0745 e. The number of hydrogen-bond acceptors (Lipinski definition) is 3. The van der Waals surface area contributed by atoms with Gasteiger partial charge in [0.25, 0.3) is 0 Å². The fraction of sp³-hybridized carbons (Fsp3) is 0.118. The van der Waals surface area contributed by atoms with Crippen LogP contribution in [0.1, 0.15) is 11.6 Å². The number of aliphatic hydroxyl groups excluding tert-OH is 1.